The zero-order valence-electron chi connectivity index (χ0n) is 9.20. The first kappa shape index (κ1) is 12.8. The topological polar surface area (TPSA) is 0 Å². The van der Waals surface area contributed by atoms with Crippen LogP contribution in [-0.4, -0.2) is 0 Å². The summed E-state index contributed by atoms with van der Waals surface area (Å²) in [5.41, 5.74) is 2.51. The largest absolute Gasteiger partial charge is 0.152 e. The number of rotatable bonds is 4. The van der Waals surface area contributed by atoms with Gasteiger partial charge in [-0.25, -0.2) is 0 Å². The average Bonchev–Trinajstić information content (AvgIpc) is 2.29. The van der Waals surface area contributed by atoms with Crippen molar-refractivity contribution in [3.05, 3.63) is 69.7 Å². The van der Waals surface area contributed by atoms with E-state index in [1.165, 1.54) is 11.1 Å². The molecule has 0 atom stereocenters. The second kappa shape index (κ2) is 6.34. The molecular weight excluding hydrogens is 271 g/mol. The Morgan fingerprint density at radius 2 is 1.24 bits per heavy atom. The van der Waals surface area contributed by atoms with E-state index in [0.29, 0.717) is 0 Å². The maximum atomic E-state index is 5.93. The van der Waals surface area contributed by atoms with Gasteiger partial charge in [0.1, 0.15) is 0 Å². The molecule has 0 aliphatic heterocycles. The van der Waals surface area contributed by atoms with Crippen LogP contribution in [0, 0.1) is 0 Å². The van der Waals surface area contributed by atoms with Crippen molar-refractivity contribution in [2.75, 3.05) is 0 Å². The van der Waals surface area contributed by atoms with Crippen molar-refractivity contribution in [2.45, 2.75) is 11.5 Å². The van der Waals surface area contributed by atoms with Crippen LogP contribution >= 0.6 is 35.0 Å². The van der Waals surface area contributed by atoms with Gasteiger partial charge in [-0.1, -0.05) is 47.5 Å². The molecule has 0 aliphatic carbocycles. The highest BCUT2D eigenvalue weighted by Gasteiger charge is 1.97. The molecule has 0 spiro atoms. The van der Waals surface area contributed by atoms with Crippen molar-refractivity contribution in [1.29, 1.82) is 0 Å². The number of hydrogen-bond acceptors (Lipinski definition) is 1. The van der Waals surface area contributed by atoms with E-state index in [4.69, 9.17) is 23.2 Å². The maximum absolute atomic E-state index is 5.93. The molecule has 0 amide bonds. The van der Waals surface area contributed by atoms with Crippen molar-refractivity contribution < 1.29 is 0 Å². The molecule has 0 fully saturated rings. The van der Waals surface area contributed by atoms with Crippen molar-refractivity contribution in [3.63, 3.8) is 0 Å². The number of thioether (sulfide) groups is 1. The third-order valence-corrected chi connectivity index (χ3v) is 3.86. The molecule has 2 aromatic carbocycles. The summed E-state index contributed by atoms with van der Waals surface area (Å²) in [5.74, 6) is 1.93. The molecule has 0 aliphatic rings. The Balaban J connectivity index is 1.87. The van der Waals surface area contributed by atoms with Crippen LogP contribution in [0.15, 0.2) is 48.5 Å². The lowest BCUT2D eigenvalue weighted by Gasteiger charge is -2.03. The molecule has 17 heavy (non-hydrogen) atoms. The highest BCUT2D eigenvalue weighted by Crippen LogP contribution is 2.21. The first-order valence-electron chi connectivity index (χ1n) is 5.31. The van der Waals surface area contributed by atoms with Gasteiger partial charge in [0.2, 0.25) is 0 Å². The zero-order chi connectivity index (χ0) is 12.1. The van der Waals surface area contributed by atoms with Crippen LogP contribution in [0.4, 0.5) is 0 Å². The van der Waals surface area contributed by atoms with Gasteiger partial charge in [0.15, 0.2) is 0 Å². The summed E-state index contributed by atoms with van der Waals surface area (Å²) in [5, 5.41) is 1.59. The van der Waals surface area contributed by atoms with E-state index < -0.39 is 0 Å². The first-order chi connectivity index (χ1) is 8.24. The summed E-state index contributed by atoms with van der Waals surface area (Å²) in [4.78, 5) is 0. The third kappa shape index (κ3) is 4.27. The predicted molar refractivity (Wildman–Crippen MR) is 77.9 cm³/mol. The Kier molecular flexibility index (Phi) is 4.78. The minimum Gasteiger partial charge on any atom is -0.152 e. The zero-order valence-corrected chi connectivity index (χ0v) is 11.5. The Morgan fingerprint density at radius 3 is 1.65 bits per heavy atom. The lowest BCUT2D eigenvalue weighted by Crippen LogP contribution is -1.83. The van der Waals surface area contributed by atoms with E-state index in [1.807, 2.05) is 48.2 Å². The van der Waals surface area contributed by atoms with Crippen LogP contribution in [0.25, 0.3) is 0 Å². The van der Waals surface area contributed by atoms with Gasteiger partial charge in [0.25, 0.3) is 0 Å². The number of hydrogen-bond donors (Lipinski definition) is 0. The standard InChI is InChI=1S/C14H12Cl2S/c15-13-5-1-3-11(7-13)9-17-10-12-4-2-6-14(16)8-12/h1-8H,9-10H2. The van der Waals surface area contributed by atoms with E-state index >= 15 is 0 Å². The van der Waals surface area contributed by atoms with Gasteiger partial charge in [-0.3, -0.25) is 0 Å². The molecule has 3 heteroatoms. The fourth-order valence-electron chi connectivity index (χ4n) is 1.54. The minimum atomic E-state index is 0.797. The molecule has 0 radical (unpaired) electrons. The highest BCUT2D eigenvalue weighted by molar-refractivity contribution is 7.97. The van der Waals surface area contributed by atoms with E-state index in [2.05, 4.69) is 12.1 Å². The molecule has 88 valence electrons. The second-order valence-corrected chi connectivity index (χ2v) is 5.61. The predicted octanol–water partition coefficient (Wildman–Crippen LogP) is 5.43. The summed E-state index contributed by atoms with van der Waals surface area (Å²) in [6, 6.07) is 16.0. The molecule has 2 rings (SSSR count). The molecular formula is C14H12Cl2S. The number of halogens is 2. The Bertz CT molecular complexity index is 452. The van der Waals surface area contributed by atoms with Gasteiger partial charge in [-0.15, -0.1) is 0 Å². The van der Waals surface area contributed by atoms with Crippen molar-refractivity contribution in [1.82, 2.24) is 0 Å². The molecule has 0 aromatic heterocycles. The monoisotopic (exact) mass is 282 g/mol. The molecule has 0 saturated carbocycles. The summed E-state index contributed by atoms with van der Waals surface area (Å²) >= 11 is 13.7. The first-order valence-corrected chi connectivity index (χ1v) is 7.22. The molecule has 0 bridgehead atoms. The molecule has 0 heterocycles. The normalized spacial score (nSPS) is 10.5. The van der Waals surface area contributed by atoms with Crippen LogP contribution in [0.3, 0.4) is 0 Å². The number of benzene rings is 2. The van der Waals surface area contributed by atoms with Crippen LogP contribution in [0.5, 0.6) is 0 Å². The lowest BCUT2D eigenvalue weighted by atomic mass is 10.2. The lowest BCUT2D eigenvalue weighted by molar-refractivity contribution is 1.36. The van der Waals surface area contributed by atoms with Gasteiger partial charge in [0.05, 0.1) is 0 Å². The summed E-state index contributed by atoms with van der Waals surface area (Å²) in [6.45, 7) is 0. The van der Waals surface area contributed by atoms with Gasteiger partial charge in [-0.2, -0.15) is 11.8 Å². The summed E-state index contributed by atoms with van der Waals surface area (Å²) in [6.07, 6.45) is 0. The maximum Gasteiger partial charge on any atom is 0.0409 e. The highest BCUT2D eigenvalue weighted by atomic mass is 35.5. The summed E-state index contributed by atoms with van der Waals surface area (Å²) in [7, 11) is 0. The van der Waals surface area contributed by atoms with Crippen molar-refractivity contribution in [2.24, 2.45) is 0 Å². The average molecular weight is 283 g/mol. The molecule has 2 aromatic rings. The fourth-order valence-corrected chi connectivity index (χ4v) is 2.90. The van der Waals surface area contributed by atoms with Crippen LogP contribution in [0.1, 0.15) is 11.1 Å². The molecule has 0 nitrogen and oxygen atoms in total. The fraction of sp³-hybridized carbons (Fsp3) is 0.143. The van der Waals surface area contributed by atoms with Gasteiger partial charge in [-0.05, 0) is 35.4 Å². The van der Waals surface area contributed by atoms with Crippen molar-refractivity contribution in [3.8, 4) is 0 Å². The second-order valence-electron chi connectivity index (χ2n) is 3.75. The smallest absolute Gasteiger partial charge is 0.0409 e. The van der Waals surface area contributed by atoms with E-state index in [1.54, 1.807) is 0 Å². The Labute approximate surface area is 116 Å². The van der Waals surface area contributed by atoms with E-state index in [0.717, 1.165) is 21.6 Å². The SMILES string of the molecule is Clc1cccc(CSCc2cccc(Cl)c2)c1. The van der Waals surface area contributed by atoms with Crippen molar-refractivity contribution >= 4 is 35.0 Å². The summed E-state index contributed by atoms with van der Waals surface area (Å²) < 4.78 is 0. The Hall–Kier alpha value is -0.630. The van der Waals surface area contributed by atoms with E-state index in [-0.39, 0.29) is 0 Å². The quantitative estimate of drug-likeness (QED) is 0.721. The van der Waals surface area contributed by atoms with Gasteiger partial charge in [0, 0.05) is 21.6 Å². The Morgan fingerprint density at radius 1 is 0.765 bits per heavy atom. The minimum absolute atomic E-state index is 0.797. The van der Waals surface area contributed by atoms with Crippen LogP contribution in [0.2, 0.25) is 10.0 Å². The molecule has 0 unspecified atom stereocenters. The van der Waals surface area contributed by atoms with E-state index in [9.17, 15) is 0 Å². The molecule has 0 saturated heterocycles. The van der Waals surface area contributed by atoms with Crippen LogP contribution < -0.4 is 0 Å². The van der Waals surface area contributed by atoms with Crippen LogP contribution in [-0.2, 0) is 11.5 Å². The van der Waals surface area contributed by atoms with Gasteiger partial charge < -0.3 is 0 Å². The van der Waals surface area contributed by atoms with Gasteiger partial charge >= 0.3 is 0 Å². The molecule has 0 N–H and O–H groups in total. The third-order valence-electron chi connectivity index (χ3n) is 2.32.